The molecule has 1 amide bonds. The second-order valence-electron chi connectivity index (χ2n) is 4.12. The van der Waals surface area contributed by atoms with Crippen LogP contribution in [0.1, 0.15) is 12.7 Å². The van der Waals surface area contributed by atoms with Crippen molar-refractivity contribution in [1.82, 2.24) is 10.2 Å². The number of carbonyl (C=O) groups is 1. The lowest BCUT2D eigenvalue weighted by atomic mass is 10.2. The Kier molecular flexibility index (Phi) is 4.17. The van der Waals surface area contributed by atoms with Gasteiger partial charge in [-0.25, -0.2) is 0 Å². The van der Waals surface area contributed by atoms with Gasteiger partial charge in [-0.2, -0.15) is 0 Å². The summed E-state index contributed by atoms with van der Waals surface area (Å²) in [4.78, 5) is 13.9. The van der Waals surface area contributed by atoms with Gasteiger partial charge in [0.25, 0.3) is 0 Å². The number of hydrogen-bond donors (Lipinski definition) is 1. The Morgan fingerprint density at radius 1 is 1.53 bits per heavy atom. The van der Waals surface area contributed by atoms with Gasteiger partial charge >= 0.3 is 0 Å². The maximum atomic E-state index is 12.0. The predicted molar refractivity (Wildman–Crippen MR) is 62.4 cm³/mol. The van der Waals surface area contributed by atoms with Crippen molar-refractivity contribution in [2.75, 3.05) is 26.3 Å². The summed E-state index contributed by atoms with van der Waals surface area (Å²) >= 11 is 0. The molecule has 2 rings (SSSR count). The van der Waals surface area contributed by atoms with Crippen LogP contribution in [0.4, 0.5) is 0 Å². The molecule has 1 aromatic heterocycles. The third-order valence-electron chi connectivity index (χ3n) is 2.86. The number of morpholine rings is 1. The zero-order chi connectivity index (χ0) is 12.1. The van der Waals surface area contributed by atoms with Crippen molar-refractivity contribution >= 4 is 5.91 Å². The second kappa shape index (κ2) is 5.84. The van der Waals surface area contributed by atoms with Crippen LogP contribution >= 0.6 is 0 Å². The van der Waals surface area contributed by atoms with Crippen molar-refractivity contribution in [2.45, 2.75) is 19.5 Å². The molecule has 0 spiro atoms. The van der Waals surface area contributed by atoms with Gasteiger partial charge in [-0.05, 0) is 19.1 Å². The van der Waals surface area contributed by atoms with Crippen molar-refractivity contribution in [3.8, 4) is 0 Å². The molecule has 17 heavy (non-hydrogen) atoms. The van der Waals surface area contributed by atoms with Crippen LogP contribution in [0.5, 0.6) is 0 Å². The molecule has 1 atom stereocenters. The van der Waals surface area contributed by atoms with E-state index < -0.39 is 0 Å². The molecular formula is C12H18N2O3. The minimum atomic E-state index is -0.196. The predicted octanol–water partition coefficient (Wildman–Crippen LogP) is 0.617. The van der Waals surface area contributed by atoms with E-state index in [0.717, 1.165) is 5.76 Å². The van der Waals surface area contributed by atoms with Crippen LogP contribution in [0.2, 0.25) is 0 Å². The highest BCUT2D eigenvalue weighted by atomic mass is 16.5. The molecule has 2 heterocycles. The molecule has 1 unspecified atom stereocenters. The Hall–Kier alpha value is -1.33. The molecule has 0 saturated carbocycles. The smallest absolute Gasteiger partial charge is 0.239 e. The van der Waals surface area contributed by atoms with Crippen LogP contribution in [-0.4, -0.2) is 43.2 Å². The SMILES string of the molecule is CC(NCc1ccco1)C(=O)N1CCOCC1. The maximum Gasteiger partial charge on any atom is 0.239 e. The fourth-order valence-corrected chi connectivity index (χ4v) is 1.81. The molecule has 0 aromatic carbocycles. The summed E-state index contributed by atoms with van der Waals surface area (Å²) in [5.74, 6) is 0.964. The number of amides is 1. The normalized spacial score (nSPS) is 18.1. The summed E-state index contributed by atoms with van der Waals surface area (Å²) in [6.07, 6.45) is 1.63. The number of nitrogens with zero attached hydrogens (tertiary/aromatic N) is 1. The van der Waals surface area contributed by atoms with Gasteiger partial charge in [0.15, 0.2) is 0 Å². The first-order chi connectivity index (χ1) is 8.27. The van der Waals surface area contributed by atoms with Crippen LogP contribution in [0.15, 0.2) is 22.8 Å². The minimum Gasteiger partial charge on any atom is -0.468 e. The van der Waals surface area contributed by atoms with Crippen LogP contribution in [-0.2, 0) is 16.1 Å². The molecule has 5 nitrogen and oxygen atoms in total. The fraction of sp³-hybridized carbons (Fsp3) is 0.583. The molecule has 1 fully saturated rings. The average molecular weight is 238 g/mol. The lowest BCUT2D eigenvalue weighted by Gasteiger charge is -2.29. The first-order valence-electron chi connectivity index (χ1n) is 5.89. The quantitative estimate of drug-likeness (QED) is 0.835. The topological polar surface area (TPSA) is 54.7 Å². The molecule has 0 aliphatic carbocycles. The lowest BCUT2D eigenvalue weighted by molar-refractivity contribution is -0.137. The minimum absolute atomic E-state index is 0.125. The maximum absolute atomic E-state index is 12.0. The summed E-state index contributed by atoms with van der Waals surface area (Å²) in [7, 11) is 0. The third kappa shape index (κ3) is 3.31. The van der Waals surface area contributed by atoms with E-state index in [2.05, 4.69) is 5.32 Å². The molecule has 1 N–H and O–H groups in total. The van der Waals surface area contributed by atoms with E-state index in [1.807, 2.05) is 24.0 Å². The number of ether oxygens (including phenoxy) is 1. The molecular weight excluding hydrogens is 220 g/mol. The van der Waals surface area contributed by atoms with Gasteiger partial charge < -0.3 is 14.1 Å². The second-order valence-corrected chi connectivity index (χ2v) is 4.12. The van der Waals surface area contributed by atoms with Crippen molar-refractivity contribution in [1.29, 1.82) is 0 Å². The largest absolute Gasteiger partial charge is 0.468 e. The Bertz CT molecular complexity index is 345. The van der Waals surface area contributed by atoms with E-state index in [0.29, 0.717) is 32.8 Å². The molecule has 1 aromatic rings. The Morgan fingerprint density at radius 2 is 2.29 bits per heavy atom. The standard InChI is InChI=1S/C12H18N2O3/c1-10(13-9-11-3-2-6-17-11)12(15)14-4-7-16-8-5-14/h2-3,6,10,13H,4-5,7-9H2,1H3. The summed E-state index contributed by atoms with van der Waals surface area (Å²) in [6.45, 7) is 5.09. The summed E-state index contributed by atoms with van der Waals surface area (Å²) in [5.41, 5.74) is 0. The van der Waals surface area contributed by atoms with Gasteiger partial charge in [-0.3, -0.25) is 10.1 Å². The third-order valence-corrected chi connectivity index (χ3v) is 2.86. The monoisotopic (exact) mass is 238 g/mol. The van der Waals surface area contributed by atoms with Crippen LogP contribution < -0.4 is 5.32 Å². The van der Waals surface area contributed by atoms with Crippen LogP contribution in [0.3, 0.4) is 0 Å². The van der Waals surface area contributed by atoms with Crippen LogP contribution in [0, 0.1) is 0 Å². The highest BCUT2D eigenvalue weighted by molar-refractivity contribution is 5.81. The zero-order valence-electron chi connectivity index (χ0n) is 10.0. The van der Waals surface area contributed by atoms with E-state index in [9.17, 15) is 4.79 Å². The van der Waals surface area contributed by atoms with E-state index in [1.54, 1.807) is 6.26 Å². The van der Waals surface area contributed by atoms with Gasteiger partial charge in [0.05, 0.1) is 32.1 Å². The van der Waals surface area contributed by atoms with Crippen molar-refractivity contribution in [3.63, 3.8) is 0 Å². The molecule has 94 valence electrons. The molecule has 1 saturated heterocycles. The Labute approximate surface area is 101 Å². The highest BCUT2D eigenvalue weighted by Gasteiger charge is 2.21. The molecule has 0 radical (unpaired) electrons. The number of nitrogens with one attached hydrogen (secondary N) is 1. The number of furan rings is 1. The highest BCUT2D eigenvalue weighted by Crippen LogP contribution is 2.03. The van der Waals surface area contributed by atoms with E-state index in [4.69, 9.17) is 9.15 Å². The number of rotatable bonds is 4. The van der Waals surface area contributed by atoms with Crippen molar-refractivity contribution < 1.29 is 13.9 Å². The Morgan fingerprint density at radius 3 is 2.94 bits per heavy atom. The Balaban J connectivity index is 1.78. The van der Waals surface area contributed by atoms with E-state index in [1.165, 1.54) is 0 Å². The van der Waals surface area contributed by atoms with E-state index in [-0.39, 0.29) is 11.9 Å². The van der Waals surface area contributed by atoms with Gasteiger partial charge in [0.1, 0.15) is 5.76 Å². The number of hydrogen-bond acceptors (Lipinski definition) is 4. The van der Waals surface area contributed by atoms with Crippen molar-refractivity contribution in [2.24, 2.45) is 0 Å². The van der Waals surface area contributed by atoms with Crippen molar-refractivity contribution in [3.05, 3.63) is 24.2 Å². The first-order valence-corrected chi connectivity index (χ1v) is 5.89. The molecule has 1 aliphatic rings. The summed E-state index contributed by atoms with van der Waals surface area (Å²) in [6, 6.07) is 3.53. The van der Waals surface area contributed by atoms with Gasteiger partial charge in [0, 0.05) is 13.1 Å². The van der Waals surface area contributed by atoms with Gasteiger partial charge in [0.2, 0.25) is 5.91 Å². The summed E-state index contributed by atoms with van der Waals surface area (Å²) in [5, 5.41) is 3.16. The lowest BCUT2D eigenvalue weighted by Crippen LogP contribution is -2.49. The number of carbonyl (C=O) groups excluding carboxylic acids is 1. The first kappa shape index (κ1) is 12.1. The summed E-state index contributed by atoms with van der Waals surface area (Å²) < 4.78 is 10.4. The fourth-order valence-electron chi connectivity index (χ4n) is 1.81. The zero-order valence-corrected chi connectivity index (χ0v) is 10.0. The molecule has 0 bridgehead atoms. The molecule has 5 heteroatoms. The van der Waals surface area contributed by atoms with E-state index >= 15 is 0 Å². The molecule has 1 aliphatic heterocycles. The van der Waals surface area contributed by atoms with Gasteiger partial charge in [-0.1, -0.05) is 0 Å². The average Bonchev–Trinajstić information content (AvgIpc) is 2.89. The van der Waals surface area contributed by atoms with Crippen LogP contribution in [0.25, 0.3) is 0 Å². The van der Waals surface area contributed by atoms with Gasteiger partial charge in [-0.15, -0.1) is 0 Å².